The van der Waals surface area contributed by atoms with Crippen molar-refractivity contribution in [3.63, 3.8) is 0 Å². The molecule has 0 saturated heterocycles. The van der Waals surface area contributed by atoms with E-state index in [1.165, 1.54) is 0 Å². The molecule has 0 radical (unpaired) electrons. The highest BCUT2D eigenvalue weighted by Crippen LogP contribution is 2.14. The summed E-state index contributed by atoms with van der Waals surface area (Å²) < 4.78 is 5.39. The topological polar surface area (TPSA) is 67.0 Å². The third kappa shape index (κ3) is 1.93. The summed E-state index contributed by atoms with van der Waals surface area (Å²) in [5.74, 6) is 0.615. The zero-order valence-corrected chi connectivity index (χ0v) is 8.96. The molecule has 0 aromatic carbocycles. The Morgan fingerprint density at radius 3 is 3.07 bits per heavy atom. The third-order valence-electron chi connectivity index (χ3n) is 2.52. The van der Waals surface area contributed by atoms with Crippen molar-refractivity contribution in [1.29, 1.82) is 0 Å². The van der Waals surface area contributed by atoms with E-state index in [9.17, 15) is 4.79 Å². The van der Waals surface area contributed by atoms with E-state index in [4.69, 9.17) is 4.74 Å². The monoisotopic (exact) mass is 209 g/mol. The number of nitrogens with one attached hydrogen (secondary N) is 2. The molecule has 82 valence electrons. The summed E-state index contributed by atoms with van der Waals surface area (Å²) in [5, 5.41) is 3.10. The van der Waals surface area contributed by atoms with Crippen LogP contribution in [-0.2, 0) is 17.8 Å². The first-order valence-corrected chi connectivity index (χ1v) is 5.16. The predicted octanol–water partition coefficient (Wildman–Crippen LogP) is 0.471. The summed E-state index contributed by atoms with van der Waals surface area (Å²) >= 11 is 0. The summed E-state index contributed by atoms with van der Waals surface area (Å²) in [4.78, 5) is 18.8. The summed E-state index contributed by atoms with van der Waals surface area (Å²) in [6.07, 6.45) is -0.159. The molecule has 1 aliphatic rings. The predicted molar refractivity (Wildman–Crippen MR) is 55.4 cm³/mol. The van der Waals surface area contributed by atoms with Gasteiger partial charge in [-0.05, 0) is 13.8 Å². The molecule has 1 aliphatic heterocycles. The lowest BCUT2D eigenvalue weighted by molar-refractivity contribution is 0.0697. The van der Waals surface area contributed by atoms with Gasteiger partial charge in [0.2, 0.25) is 0 Å². The van der Waals surface area contributed by atoms with Crippen LogP contribution in [0.2, 0.25) is 0 Å². The first-order chi connectivity index (χ1) is 7.22. The van der Waals surface area contributed by atoms with Crippen molar-refractivity contribution in [3.8, 4) is 0 Å². The van der Waals surface area contributed by atoms with E-state index in [1.807, 2.05) is 13.8 Å². The smallest absolute Gasteiger partial charge is 0.255 e. The Kier molecular flexibility index (Phi) is 2.83. The van der Waals surface area contributed by atoms with E-state index in [0.29, 0.717) is 25.5 Å². The second-order valence-corrected chi connectivity index (χ2v) is 3.58. The lowest BCUT2D eigenvalue weighted by Gasteiger charge is -2.11. The van der Waals surface area contributed by atoms with Crippen molar-refractivity contribution < 1.29 is 4.74 Å². The van der Waals surface area contributed by atoms with Crippen molar-refractivity contribution in [2.75, 3.05) is 6.61 Å². The fourth-order valence-electron chi connectivity index (χ4n) is 1.72. The zero-order chi connectivity index (χ0) is 10.8. The molecule has 5 heteroatoms. The highest BCUT2D eigenvalue weighted by Gasteiger charge is 2.18. The van der Waals surface area contributed by atoms with E-state index in [1.54, 1.807) is 0 Å². The second kappa shape index (κ2) is 4.12. The van der Waals surface area contributed by atoms with Crippen molar-refractivity contribution >= 4 is 0 Å². The molecule has 0 fully saturated rings. The van der Waals surface area contributed by atoms with Crippen LogP contribution in [0.4, 0.5) is 0 Å². The molecule has 0 bridgehead atoms. The molecule has 1 aromatic heterocycles. The van der Waals surface area contributed by atoms with Crippen molar-refractivity contribution in [2.45, 2.75) is 33.0 Å². The summed E-state index contributed by atoms with van der Waals surface area (Å²) in [6, 6.07) is 0. The quantitative estimate of drug-likeness (QED) is 0.759. The molecular weight excluding hydrogens is 194 g/mol. The molecule has 0 saturated carbocycles. The Morgan fingerprint density at radius 1 is 1.53 bits per heavy atom. The lowest BCUT2D eigenvalue weighted by Crippen LogP contribution is -2.19. The Labute approximate surface area is 87.9 Å². The maximum absolute atomic E-state index is 11.6. The van der Waals surface area contributed by atoms with Gasteiger partial charge in [-0.15, -0.1) is 0 Å². The number of aromatic amines is 1. The van der Waals surface area contributed by atoms with E-state index in [0.717, 1.165) is 11.3 Å². The minimum atomic E-state index is -0.159. The van der Waals surface area contributed by atoms with Gasteiger partial charge in [0.1, 0.15) is 11.9 Å². The molecule has 0 amide bonds. The van der Waals surface area contributed by atoms with Crippen LogP contribution >= 0.6 is 0 Å². The third-order valence-corrected chi connectivity index (χ3v) is 2.52. The highest BCUT2D eigenvalue weighted by molar-refractivity contribution is 5.21. The van der Waals surface area contributed by atoms with Gasteiger partial charge in [0, 0.05) is 19.7 Å². The normalized spacial score (nSPS) is 16.4. The van der Waals surface area contributed by atoms with Crippen LogP contribution in [0, 0.1) is 0 Å². The van der Waals surface area contributed by atoms with Gasteiger partial charge in [-0.25, -0.2) is 4.98 Å². The van der Waals surface area contributed by atoms with Crippen LogP contribution in [0.3, 0.4) is 0 Å². The highest BCUT2D eigenvalue weighted by atomic mass is 16.5. The molecule has 5 nitrogen and oxygen atoms in total. The second-order valence-electron chi connectivity index (χ2n) is 3.58. The van der Waals surface area contributed by atoms with Gasteiger partial charge in [0.15, 0.2) is 0 Å². The van der Waals surface area contributed by atoms with Crippen LogP contribution in [0.1, 0.15) is 37.0 Å². The molecule has 2 N–H and O–H groups in total. The fourth-order valence-corrected chi connectivity index (χ4v) is 1.72. The van der Waals surface area contributed by atoms with Gasteiger partial charge in [-0.3, -0.25) is 4.79 Å². The van der Waals surface area contributed by atoms with Crippen molar-refractivity contribution in [2.24, 2.45) is 0 Å². The average molecular weight is 209 g/mol. The van der Waals surface area contributed by atoms with Crippen LogP contribution in [0.25, 0.3) is 0 Å². The first kappa shape index (κ1) is 10.3. The van der Waals surface area contributed by atoms with Crippen LogP contribution in [0.5, 0.6) is 0 Å². The first-order valence-electron chi connectivity index (χ1n) is 5.16. The van der Waals surface area contributed by atoms with Gasteiger partial charge in [0.05, 0.1) is 11.3 Å². The van der Waals surface area contributed by atoms with Crippen LogP contribution < -0.4 is 10.9 Å². The van der Waals surface area contributed by atoms with Crippen molar-refractivity contribution in [3.05, 3.63) is 27.4 Å². The number of ether oxygens (including phenoxy) is 1. The molecule has 1 unspecified atom stereocenters. The van der Waals surface area contributed by atoms with E-state index >= 15 is 0 Å². The molecule has 15 heavy (non-hydrogen) atoms. The number of fused-ring (bicyclic) bond motifs is 1. The molecule has 1 aromatic rings. The number of H-pyrrole nitrogens is 1. The average Bonchev–Trinajstić information content (AvgIpc) is 2.66. The molecule has 0 aliphatic carbocycles. The molecule has 0 spiro atoms. The van der Waals surface area contributed by atoms with Gasteiger partial charge in [-0.2, -0.15) is 0 Å². The van der Waals surface area contributed by atoms with Crippen LogP contribution in [0.15, 0.2) is 4.79 Å². The number of hydrogen-bond acceptors (Lipinski definition) is 4. The van der Waals surface area contributed by atoms with Gasteiger partial charge in [-0.1, -0.05) is 0 Å². The molecule has 1 atom stereocenters. The largest absolute Gasteiger partial charge is 0.371 e. The van der Waals surface area contributed by atoms with Gasteiger partial charge >= 0.3 is 0 Å². The Bertz CT molecular complexity index is 414. The Hall–Kier alpha value is -1.20. The van der Waals surface area contributed by atoms with Gasteiger partial charge < -0.3 is 15.0 Å². The zero-order valence-electron chi connectivity index (χ0n) is 8.96. The molecule has 2 heterocycles. The fraction of sp³-hybridized carbons (Fsp3) is 0.600. The van der Waals surface area contributed by atoms with Gasteiger partial charge in [0.25, 0.3) is 5.56 Å². The number of hydrogen-bond donors (Lipinski definition) is 2. The molecule has 2 rings (SSSR count). The number of rotatable bonds is 3. The lowest BCUT2D eigenvalue weighted by atomic mass is 10.2. The SMILES string of the molecule is CCOC(C)c1nc2c(c(=O)[nH]1)CNC2. The maximum atomic E-state index is 11.6. The van der Waals surface area contributed by atoms with E-state index in [2.05, 4.69) is 15.3 Å². The Balaban J connectivity index is 2.35. The van der Waals surface area contributed by atoms with E-state index < -0.39 is 0 Å². The molecular formula is C10H15N3O2. The van der Waals surface area contributed by atoms with E-state index in [-0.39, 0.29) is 11.7 Å². The summed E-state index contributed by atoms with van der Waals surface area (Å²) in [5.41, 5.74) is 1.55. The maximum Gasteiger partial charge on any atom is 0.255 e. The standard InChI is InChI=1S/C10H15N3O2/c1-3-15-6(2)9-12-8-5-11-4-7(8)10(14)13-9/h6,11H,3-5H2,1-2H3,(H,12,13,14). The van der Waals surface area contributed by atoms with Crippen LogP contribution in [-0.4, -0.2) is 16.6 Å². The number of aromatic nitrogens is 2. The van der Waals surface area contributed by atoms with Crippen molar-refractivity contribution in [1.82, 2.24) is 15.3 Å². The number of nitrogens with zero attached hydrogens (tertiary/aromatic N) is 1. The Morgan fingerprint density at radius 2 is 2.33 bits per heavy atom. The minimum absolute atomic E-state index is 0.0495. The summed E-state index contributed by atoms with van der Waals surface area (Å²) in [6.45, 7) is 5.70. The minimum Gasteiger partial charge on any atom is -0.371 e. The summed E-state index contributed by atoms with van der Waals surface area (Å²) in [7, 11) is 0.